The minimum absolute atomic E-state index is 0.105. The van der Waals surface area contributed by atoms with E-state index in [1.807, 2.05) is 0 Å². The van der Waals surface area contributed by atoms with Crippen LogP contribution in [0.3, 0.4) is 0 Å². The molecule has 30 heavy (non-hydrogen) atoms. The van der Waals surface area contributed by atoms with Gasteiger partial charge in [0.15, 0.2) is 11.6 Å². The third kappa shape index (κ3) is 4.82. The number of aliphatic hydroxyl groups is 1. The van der Waals surface area contributed by atoms with Crippen molar-refractivity contribution in [2.75, 3.05) is 31.3 Å². The normalized spacial score (nSPS) is 18.8. The van der Waals surface area contributed by atoms with Crippen LogP contribution in [-0.4, -0.2) is 53.2 Å². The number of carbonyl (C=O) groups is 1. The van der Waals surface area contributed by atoms with Crippen molar-refractivity contribution in [3.63, 3.8) is 0 Å². The van der Waals surface area contributed by atoms with Gasteiger partial charge in [-0.15, -0.1) is 0 Å². The Hall–Kier alpha value is -2.85. The number of carbonyl (C=O) groups excluding carboxylic acids is 1. The topological polar surface area (TPSA) is 122 Å². The van der Waals surface area contributed by atoms with Crippen molar-refractivity contribution in [3.8, 4) is 5.75 Å². The van der Waals surface area contributed by atoms with E-state index in [0.717, 1.165) is 31.7 Å². The predicted octanol–water partition coefficient (Wildman–Crippen LogP) is 1.88. The molecule has 1 saturated carbocycles. The Morgan fingerprint density at radius 3 is 2.60 bits per heavy atom. The summed E-state index contributed by atoms with van der Waals surface area (Å²) in [7, 11) is 1.25. The molecule has 1 heterocycles. The van der Waals surface area contributed by atoms with E-state index in [2.05, 4.69) is 20.6 Å². The summed E-state index contributed by atoms with van der Waals surface area (Å²) in [5.74, 6) is -3.31. The summed E-state index contributed by atoms with van der Waals surface area (Å²) in [4.78, 5) is 21.0. The molecule has 3 rings (SSSR count). The molecule has 162 valence electrons. The van der Waals surface area contributed by atoms with Gasteiger partial charge in [-0.2, -0.15) is 4.98 Å². The number of anilines is 2. The van der Waals surface area contributed by atoms with Crippen LogP contribution < -0.4 is 21.1 Å². The molecule has 2 aromatic rings. The number of benzene rings is 1. The molecule has 0 spiro atoms. The first-order valence-corrected chi connectivity index (χ1v) is 9.74. The molecule has 1 aromatic heterocycles. The Kier molecular flexibility index (Phi) is 7.11. The summed E-state index contributed by atoms with van der Waals surface area (Å²) in [6.45, 7) is 0.691. The lowest BCUT2D eigenvalue weighted by Crippen LogP contribution is -2.38. The zero-order chi connectivity index (χ0) is 21.7. The number of halogens is 2. The number of methoxy groups -OCH3 is 1. The second kappa shape index (κ2) is 9.77. The van der Waals surface area contributed by atoms with E-state index in [0.29, 0.717) is 12.6 Å². The number of rotatable bonds is 8. The third-order valence-corrected chi connectivity index (χ3v) is 5.17. The van der Waals surface area contributed by atoms with Crippen LogP contribution in [0.15, 0.2) is 18.3 Å². The van der Waals surface area contributed by atoms with Gasteiger partial charge in [0.1, 0.15) is 17.1 Å². The molecule has 1 aliphatic carbocycles. The number of nitrogens with zero attached hydrogens (tertiary/aromatic N) is 2. The molecule has 1 aliphatic rings. The second-order valence-corrected chi connectivity index (χ2v) is 7.13. The van der Waals surface area contributed by atoms with Crippen LogP contribution in [0.1, 0.15) is 41.6 Å². The zero-order valence-corrected chi connectivity index (χ0v) is 16.6. The van der Waals surface area contributed by atoms with Crippen LogP contribution >= 0.6 is 0 Å². The Morgan fingerprint density at radius 1 is 1.27 bits per heavy atom. The Bertz CT molecular complexity index is 904. The predicted molar refractivity (Wildman–Crippen MR) is 108 cm³/mol. The largest absolute Gasteiger partial charge is 0.496 e. The summed E-state index contributed by atoms with van der Waals surface area (Å²) >= 11 is 0. The molecular weight excluding hydrogens is 396 g/mol. The second-order valence-electron chi connectivity index (χ2n) is 7.13. The Balaban J connectivity index is 1.71. The van der Waals surface area contributed by atoms with Crippen molar-refractivity contribution in [2.24, 2.45) is 0 Å². The number of aliphatic hydroxyl groups excluding tert-OH is 1. The van der Waals surface area contributed by atoms with Crippen molar-refractivity contribution >= 4 is 17.5 Å². The van der Waals surface area contributed by atoms with Gasteiger partial charge in [0.05, 0.1) is 19.3 Å². The van der Waals surface area contributed by atoms with E-state index in [-0.39, 0.29) is 35.7 Å². The van der Waals surface area contributed by atoms with Gasteiger partial charge in [-0.1, -0.05) is 0 Å². The minimum Gasteiger partial charge on any atom is -0.496 e. The first kappa shape index (κ1) is 21.8. The molecule has 8 nitrogen and oxygen atoms in total. The van der Waals surface area contributed by atoms with E-state index >= 15 is 0 Å². The number of ketones is 1. The molecule has 0 bridgehead atoms. The smallest absolute Gasteiger partial charge is 0.224 e. The van der Waals surface area contributed by atoms with Crippen molar-refractivity contribution in [2.45, 2.75) is 37.8 Å². The molecule has 0 unspecified atom stereocenters. The van der Waals surface area contributed by atoms with Gasteiger partial charge in [0.2, 0.25) is 11.7 Å². The first-order chi connectivity index (χ1) is 14.4. The summed E-state index contributed by atoms with van der Waals surface area (Å²) in [6.07, 6.45) is 4.87. The Morgan fingerprint density at radius 2 is 1.97 bits per heavy atom. The van der Waals surface area contributed by atoms with Crippen molar-refractivity contribution < 1.29 is 23.4 Å². The average Bonchev–Trinajstić information content (AvgIpc) is 2.74. The molecule has 10 heteroatoms. The SMILES string of the molecule is COc1ccc(F)c(F)c1C(=O)c1cnc(N[C@H]2CC[C@H](NCCO)CC2)nc1N. The highest BCUT2D eigenvalue weighted by Crippen LogP contribution is 2.28. The van der Waals surface area contributed by atoms with E-state index in [1.165, 1.54) is 19.4 Å². The summed E-state index contributed by atoms with van der Waals surface area (Å²) < 4.78 is 32.8. The van der Waals surface area contributed by atoms with Crippen LogP contribution in [-0.2, 0) is 0 Å². The van der Waals surface area contributed by atoms with Crippen molar-refractivity contribution in [1.29, 1.82) is 0 Å². The lowest BCUT2D eigenvalue weighted by molar-refractivity contribution is 0.103. The quantitative estimate of drug-likeness (QED) is 0.477. The van der Waals surface area contributed by atoms with Crippen molar-refractivity contribution in [1.82, 2.24) is 15.3 Å². The molecule has 1 aromatic carbocycles. The maximum atomic E-state index is 14.2. The highest BCUT2D eigenvalue weighted by molar-refractivity contribution is 6.13. The van der Waals surface area contributed by atoms with E-state index in [4.69, 9.17) is 15.6 Å². The number of nitrogens with two attached hydrogens (primary N) is 1. The van der Waals surface area contributed by atoms with Gasteiger partial charge in [-0.25, -0.2) is 13.8 Å². The van der Waals surface area contributed by atoms with Gasteiger partial charge in [0, 0.05) is 24.8 Å². The maximum Gasteiger partial charge on any atom is 0.224 e. The van der Waals surface area contributed by atoms with Crippen LogP contribution in [0.5, 0.6) is 5.75 Å². The van der Waals surface area contributed by atoms with Gasteiger partial charge in [-0.3, -0.25) is 4.79 Å². The van der Waals surface area contributed by atoms with Crippen LogP contribution in [0.2, 0.25) is 0 Å². The lowest BCUT2D eigenvalue weighted by Gasteiger charge is -2.29. The van der Waals surface area contributed by atoms with E-state index in [9.17, 15) is 13.6 Å². The molecule has 0 saturated heterocycles. The lowest BCUT2D eigenvalue weighted by atomic mass is 9.91. The van der Waals surface area contributed by atoms with Crippen molar-refractivity contribution in [3.05, 3.63) is 41.1 Å². The van der Waals surface area contributed by atoms with Gasteiger partial charge in [0.25, 0.3) is 0 Å². The summed E-state index contributed by atoms with van der Waals surface area (Å²) in [5, 5.41) is 15.4. The number of nitrogens with one attached hydrogen (secondary N) is 2. The van der Waals surface area contributed by atoms with Gasteiger partial charge < -0.3 is 26.2 Å². The minimum atomic E-state index is -1.31. The number of nitrogen functional groups attached to an aromatic ring is 1. The molecule has 0 radical (unpaired) electrons. The van der Waals surface area contributed by atoms with E-state index < -0.39 is 23.0 Å². The van der Waals surface area contributed by atoms with E-state index in [1.54, 1.807) is 0 Å². The summed E-state index contributed by atoms with van der Waals surface area (Å²) in [5.41, 5.74) is 5.23. The van der Waals surface area contributed by atoms with Crippen LogP contribution in [0, 0.1) is 11.6 Å². The molecule has 0 atom stereocenters. The molecule has 5 N–H and O–H groups in total. The number of hydrogen-bond donors (Lipinski definition) is 4. The van der Waals surface area contributed by atoms with Crippen LogP contribution in [0.4, 0.5) is 20.5 Å². The van der Waals surface area contributed by atoms with Gasteiger partial charge in [-0.05, 0) is 37.8 Å². The highest BCUT2D eigenvalue weighted by atomic mass is 19.2. The molecule has 0 aliphatic heterocycles. The fourth-order valence-corrected chi connectivity index (χ4v) is 3.58. The standard InChI is InChI=1S/C20H25F2N5O3/c1-30-15-7-6-14(21)17(22)16(15)18(29)13-10-25-20(27-19(13)23)26-12-4-2-11(3-5-12)24-8-9-28/h6-7,10-12,24,28H,2-5,8-9H2,1H3,(H3,23,25,26,27)/t11-,12-. The molecule has 0 amide bonds. The third-order valence-electron chi connectivity index (χ3n) is 5.17. The number of hydrogen-bond acceptors (Lipinski definition) is 8. The average molecular weight is 421 g/mol. The summed E-state index contributed by atoms with van der Waals surface area (Å²) in [6, 6.07) is 2.58. The zero-order valence-electron chi connectivity index (χ0n) is 16.6. The first-order valence-electron chi connectivity index (χ1n) is 9.74. The Labute approximate surface area is 172 Å². The maximum absolute atomic E-state index is 14.2. The highest BCUT2D eigenvalue weighted by Gasteiger charge is 2.26. The van der Waals surface area contributed by atoms with Crippen LogP contribution in [0.25, 0.3) is 0 Å². The number of ether oxygens (including phenoxy) is 1. The van der Waals surface area contributed by atoms with Gasteiger partial charge >= 0.3 is 0 Å². The molecular formula is C20H25F2N5O3. The number of aromatic nitrogens is 2. The fraction of sp³-hybridized carbons (Fsp3) is 0.450. The monoisotopic (exact) mass is 421 g/mol. The molecule has 1 fully saturated rings. The fourth-order valence-electron chi connectivity index (χ4n) is 3.58.